The van der Waals surface area contributed by atoms with Gasteiger partial charge in [-0.05, 0) is 48.7 Å². The molecule has 0 saturated carbocycles. The van der Waals surface area contributed by atoms with Gasteiger partial charge in [0.1, 0.15) is 11.3 Å². The molecule has 0 atom stereocenters. The van der Waals surface area contributed by atoms with Gasteiger partial charge in [-0.1, -0.05) is 44.2 Å². The number of aromatic carboxylic acids is 1. The number of aromatic hydroxyl groups is 1. The fraction of sp³-hybridized carbons (Fsp3) is 0.200. The van der Waals surface area contributed by atoms with Crippen molar-refractivity contribution in [2.75, 3.05) is 16.8 Å². The molecule has 0 aliphatic heterocycles. The van der Waals surface area contributed by atoms with Crippen LogP contribution in [0, 0.1) is 12.8 Å². The minimum absolute atomic E-state index is 0.00155. The van der Waals surface area contributed by atoms with Crippen LogP contribution < -0.4 is 15.8 Å². The molecule has 4 aromatic rings. The average Bonchev–Trinajstić information content (AvgIpc) is 2.90. The first-order valence-corrected chi connectivity index (χ1v) is 12.4. The van der Waals surface area contributed by atoms with Crippen LogP contribution in [0.5, 0.6) is 5.75 Å². The maximum atomic E-state index is 13.5. The van der Waals surface area contributed by atoms with Crippen LogP contribution in [-0.2, 0) is 7.05 Å². The molecule has 0 aliphatic carbocycles. The lowest BCUT2D eigenvalue weighted by Crippen LogP contribution is -2.34. The number of carboxylic acid groups (broad SMARTS) is 1. The summed E-state index contributed by atoms with van der Waals surface area (Å²) in [5.74, 6) is -1.58. The monoisotopic (exact) mass is 526 g/mol. The number of phenols is 1. The van der Waals surface area contributed by atoms with Gasteiger partial charge in [-0.25, -0.2) is 9.78 Å². The van der Waals surface area contributed by atoms with Crippen molar-refractivity contribution in [3.8, 4) is 17.0 Å². The van der Waals surface area contributed by atoms with E-state index in [1.54, 1.807) is 30.3 Å². The van der Waals surface area contributed by atoms with Gasteiger partial charge in [-0.2, -0.15) is 0 Å². The molecule has 0 unspecified atom stereocenters. The first-order chi connectivity index (χ1) is 18.6. The number of amides is 1. The van der Waals surface area contributed by atoms with Crippen LogP contribution in [0.25, 0.3) is 11.3 Å². The van der Waals surface area contributed by atoms with Crippen molar-refractivity contribution < 1.29 is 19.8 Å². The topological polar surface area (TPSA) is 125 Å². The zero-order valence-corrected chi connectivity index (χ0v) is 22.2. The summed E-state index contributed by atoms with van der Waals surface area (Å²) in [6.45, 7) is 6.54. The molecule has 0 bridgehead atoms. The van der Waals surface area contributed by atoms with Gasteiger partial charge in [0.05, 0.1) is 5.69 Å². The highest BCUT2D eigenvalue weighted by Crippen LogP contribution is 2.32. The van der Waals surface area contributed by atoms with E-state index in [9.17, 15) is 19.5 Å². The number of carbonyl (C=O) groups is 2. The molecule has 1 aromatic heterocycles. The van der Waals surface area contributed by atoms with Gasteiger partial charge in [-0.15, -0.1) is 0 Å². The number of nitrogens with zero attached hydrogens (tertiary/aromatic N) is 3. The number of carboxylic acids is 1. The zero-order valence-electron chi connectivity index (χ0n) is 22.2. The molecule has 0 aliphatic rings. The molecule has 3 N–H and O–H groups in total. The summed E-state index contributed by atoms with van der Waals surface area (Å²) in [6.07, 6.45) is 1.62. The maximum absolute atomic E-state index is 13.5. The summed E-state index contributed by atoms with van der Waals surface area (Å²) >= 11 is 0. The normalized spacial score (nSPS) is 10.9. The Morgan fingerprint density at radius 1 is 1.05 bits per heavy atom. The zero-order chi connectivity index (χ0) is 28.3. The summed E-state index contributed by atoms with van der Waals surface area (Å²) in [4.78, 5) is 43.9. The molecular weight excluding hydrogens is 496 g/mol. The molecular formula is C30H30N4O5. The van der Waals surface area contributed by atoms with Gasteiger partial charge in [-0.3, -0.25) is 9.59 Å². The molecule has 3 aromatic carbocycles. The Morgan fingerprint density at radius 3 is 2.41 bits per heavy atom. The number of hydrogen-bond acceptors (Lipinski definition) is 6. The fourth-order valence-electron chi connectivity index (χ4n) is 4.33. The van der Waals surface area contributed by atoms with Gasteiger partial charge in [0.2, 0.25) is 0 Å². The second-order valence-corrected chi connectivity index (χ2v) is 9.68. The van der Waals surface area contributed by atoms with Crippen molar-refractivity contribution in [3.05, 3.63) is 100.0 Å². The van der Waals surface area contributed by atoms with E-state index < -0.39 is 17.3 Å². The third kappa shape index (κ3) is 5.82. The number of rotatable bonds is 8. The van der Waals surface area contributed by atoms with Crippen LogP contribution in [0.4, 0.5) is 17.2 Å². The van der Waals surface area contributed by atoms with Gasteiger partial charge in [0.25, 0.3) is 11.5 Å². The first-order valence-electron chi connectivity index (χ1n) is 12.4. The van der Waals surface area contributed by atoms with Gasteiger partial charge >= 0.3 is 5.97 Å². The van der Waals surface area contributed by atoms with Crippen molar-refractivity contribution in [1.29, 1.82) is 0 Å². The molecule has 1 heterocycles. The van der Waals surface area contributed by atoms with Crippen molar-refractivity contribution >= 4 is 29.1 Å². The molecule has 200 valence electrons. The summed E-state index contributed by atoms with van der Waals surface area (Å²) in [7, 11) is 1.60. The Morgan fingerprint density at radius 2 is 1.77 bits per heavy atom. The number of aryl methyl sites for hydroxylation is 1. The van der Waals surface area contributed by atoms with Crippen molar-refractivity contribution in [2.45, 2.75) is 20.8 Å². The van der Waals surface area contributed by atoms with Crippen molar-refractivity contribution in [3.63, 3.8) is 0 Å². The Bertz CT molecular complexity index is 1600. The molecule has 9 heteroatoms. The molecule has 0 fully saturated rings. The predicted molar refractivity (Wildman–Crippen MR) is 151 cm³/mol. The van der Waals surface area contributed by atoms with Crippen LogP contribution in [0.3, 0.4) is 0 Å². The summed E-state index contributed by atoms with van der Waals surface area (Å²) in [5.41, 5.74) is 3.05. The Balaban J connectivity index is 1.76. The maximum Gasteiger partial charge on any atom is 0.339 e. The largest absolute Gasteiger partial charge is 0.507 e. The summed E-state index contributed by atoms with van der Waals surface area (Å²) in [6, 6.07) is 18.7. The Labute approximate surface area is 226 Å². The molecule has 9 nitrogen and oxygen atoms in total. The molecule has 0 saturated heterocycles. The second-order valence-electron chi connectivity index (χ2n) is 9.68. The Hall–Kier alpha value is -4.92. The van der Waals surface area contributed by atoms with Gasteiger partial charge in [0, 0.05) is 48.4 Å². The van der Waals surface area contributed by atoms with Gasteiger partial charge < -0.3 is 25.0 Å². The quantitative estimate of drug-likeness (QED) is 0.288. The van der Waals surface area contributed by atoms with E-state index in [4.69, 9.17) is 5.11 Å². The van der Waals surface area contributed by atoms with E-state index in [1.807, 2.05) is 43.3 Å². The first kappa shape index (κ1) is 27.1. The van der Waals surface area contributed by atoms with Crippen molar-refractivity contribution in [2.24, 2.45) is 13.0 Å². The number of aromatic nitrogens is 2. The SMILES string of the molecule is Cc1c(-c2cn(C)c(=O)c(Nc3ccc(C(=O)O)c(O)c3)n2)cccc1N(CC(C)C)C(=O)c1ccccc1. The lowest BCUT2D eigenvalue weighted by molar-refractivity contribution is 0.0693. The minimum Gasteiger partial charge on any atom is -0.507 e. The molecule has 0 spiro atoms. The number of benzene rings is 3. The predicted octanol–water partition coefficient (Wildman–Crippen LogP) is 5.21. The fourth-order valence-corrected chi connectivity index (χ4v) is 4.33. The highest BCUT2D eigenvalue weighted by molar-refractivity contribution is 6.07. The highest BCUT2D eigenvalue weighted by Gasteiger charge is 2.22. The number of carbonyl (C=O) groups excluding carboxylic acids is 1. The van der Waals surface area contributed by atoms with Crippen molar-refractivity contribution in [1.82, 2.24) is 9.55 Å². The third-order valence-electron chi connectivity index (χ3n) is 6.25. The summed E-state index contributed by atoms with van der Waals surface area (Å²) < 4.78 is 1.39. The Kier molecular flexibility index (Phi) is 7.80. The van der Waals surface area contributed by atoms with Crippen LogP contribution in [-0.4, -0.2) is 38.2 Å². The van der Waals surface area contributed by atoms with E-state index in [-0.39, 0.29) is 23.2 Å². The smallest absolute Gasteiger partial charge is 0.339 e. The van der Waals surface area contributed by atoms with Gasteiger partial charge in [0.15, 0.2) is 5.82 Å². The molecule has 39 heavy (non-hydrogen) atoms. The minimum atomic E-state index is -1.26. The van der Waals surface area contributed by atoms with E-state index >= 15 is 0 Å². The average molecular weight is 527 g/mol. The van der Waals surface area contributed by atoms with Crippen LogP contribution >= 0.6 is 0 Å². The number of nitrogens with one attached hydrogen (secondary N) is 1. The van der Waals surface area contributed by atoms with Crippen LogP contribution in [0.1, 0.15) is 40.1 Å². The number of hydrogen-bond donors (Lipinski definition) is 3. The lowest BCUT2D eigenvalue weighted by atomic mass is 10.0. The van der Waals surface area contributed by atoms with E-state index in [0.717, 1.165) is 16.8 Å². The third-order valence-corrected chi connectivity index (χ3v) is 6.25. The lowest BCUT2D eigenvalue weighted by Gasteiger charge is -2.27. The standard InChI is InChI=1S/C30H30N4O5/c1-18(2)16-34(28(36)20-9-6-5-7-10-20)25-12-8-11-22(19(25)3)24-17-33(4)29(37)27(32-24)31-21-13-14-23(30(38)39)26(35)15-21/h5-15,17-18,35H,16H2,1-4H3,(H,31,32)(H,38,39). The highest BCUT2D eigenvalue weighted by atomic mass is 16.4. The van der Waals surface area contributed by atoms with E-state index in [0.29, 0.717) is 23.5 Å². The van der Waals surface area contributed by atoms with E-state index in [2.05, 4.69) is 24.1 Å². The molecule has 1 amide bonds. The summed E-state index contributed by atoms with van der Waals surface area (Å²) in [5, 5.41) is 22.1. The van der Waals surface area contributed by atoms with Crippen LogP contribution in [0.2, 0.25) is 0 Å². The number of anilines is 3. The molecule has 0 radical (unpaired) electrons. The van der Waals surface area contributed by atoms with Crippen LogP contribution in [0.15, 0.2) is 77.7 Å². The second kappa shape index (κ2) is 11.2. The van der Waals surface area contributed by atoms with E-state index in [1.165, 1.54) is 22.8 Å². The molecule has 4 rings (SSSR count).